The Kier molecular flexibility index (Phi) is 3.46. The van der Waals surface area contributed by atoms with Crippen LogP contribution < -0.4 is 5.32 Å². The standard InChI is InChI=1S/C19H15FN4/c1-13-19(24-12-14(20)10-11-18(24)21-13)16-8-5-9-17(23-16)22-15-6-3-2-4-7-15/h2-12H,1H3,(H,22,23). The minimum Gasteiger partial charge on any atom is -0.340 e. The first-order valence-electron chi connectivity index (χ1n) is 7.64. The van der Waals surface area contributed by atoms with Crippen molar-refractivity contribution in [3.05, 3.63) is 78.4 Å². The largest absolute Gasteiger partial charge is 0.340 e. The van der Waals surface area contributed by atoms with Crippen molar-refractivity contribution in [2.24, 2.45) is 0 Å². The van der Waals surface area contributed by atoms with Crippen LogP contribution in [0.2, 0.25) is 0 Å². The van der Waals surface area contributed by atoms with Gasteiger partial charge in [-0.15, -0.1) is 0 Å². The number of hydrogen-bond acceptors (Lipinski definition) is 3. The minimum atomic E-state index is -0.306. The molecular weight excluding hydrogens is 303 g/mol. The molecule has 4 aromatic rings. The van der Waals surface area contributed by atoms with E-state index in [9.17, 15) is 4.39 Å². The third-order valence-electron chi connectivity index (χ3n) is 3.79. The summed E-state index contributed by atoms with van der Waals surface area (Å²) >= 11 is 0. The molecule has 0 radical (unpaired) electrons. The summed E-state index contributed by atoms with van der Waals surface area (Å²) in [6.07, 6.45) is 1.43. The number of pyridine rings is 2. The van der Waals surface area contributed by atoms with Gasteiger partial charge in [-0.3, -0.25) is 4.40 Å². The van der Waals surface area contributed by atoms with E-state index in [-0.39, 0.29) is 5.82 Å². The molecule has 4 rings (SSSR count). The van der Waals surface area contributed by atoms with E-state index in [0.29, 0.717) is 5.65 Å². The predicted octanol–water partition coefficient (Wildman–Crippen LogP) is 4.59. The van der Waals surface area contributed by atoms with Crippen LogP contribution in [0.15, 0.2) is 66.9 Å². The first-order chi connectivity index (χ1) is 11.7. The molecule has 0 amide bonds. The van der Waals surface area contributed by atoms with Gasteiger partial charge in [-0.2, -0.15) is 0 Å². The Hall–Kier alpha value is -3.21. The average molecular weight is 318 g/mol. The lowest BCUT2D eigenvalue weighted by atomic mass is 10.2. The number of aromatic nitrogens is 3. The van der Waals surface area contributed by atoms with Crippen LogP contribution in [-0.2, 0) is 0 Å². The second kappa shape index (κ2) is 5.77. The number of aryl methyl sites for hydroxylation is 1. The molecule has 0 fully saturated rings. The molecule has 0 atom stereocenters. The van der Waals surface area contributed by atoms with Crippen LogP contribution in [0, 0.1) is 12.7 Å². The first-order valence-corrected chi connectivity index (χ1v) is 7.64. The van der Waals surface area contributed by atoms with E-state index in [2.05, 4.69) is 15.3 Å². The Morgan fingerprint density at radius 2 is 1.75 bits per heavy atom. The molecule has 0 aliphatic heterocycles. The second-order valence-electron chi connectivity index (χ2n) is 5.52. The normalized spacial score (nSPS) is 10.9. The number of rotatable bonds is 3. The number of nitrogens with zero attached hydrogens (tertiary/aromatic N) is 3. The number of halogens is 1. The van der Waals surface area contributed by atoms with Crippen molar-refractivity contribution in [2.45, 2.75) is 6.92 Å². The fourth-order valence-corrected chi connectivity index (χ4v) is 2.75. The molecule has 3 aromatic heterocycles. The molecule has 0 saturated carbocycles. The Labute approximate surface area is 138 Å². The summed E-state index contributed by atoms with van der Waals surface area (Å²) in [5.74, 6) is 0.421. The summed E-state index contributed by atoms with van der Waals surface area (Å²) in [6.45, 7) is 1.90. The van der Waals surface area contributed by atoms with Crippen LogP contribution in [0.25, 0.3) is 17.0 Å². The highest BCUT2D eigenvalue weighted by atomic mass is 19.1. The minimum absolute atomic E-state index is 0.306. The van der Waals surface area contributed by atoms with E-state index in [4.69, 9.17) is 0 Å². The van der Waals surface area contributed by atoms with Crippen LogP contribution in [0.5, 0.6) is 0 Å². The highest BCUT2D eigenvalue weighted by Crippen LogP contribution is 2.25. The van der Waals surface area contributed by atoms with E-state index in [1.54, 1.807) is 10.5 Å². The van der Waals surface area contributed by atoms with Crippen LogP contribution in [0.4, 0.5) is 15.9 Å². The van der Waals surface area contributed by atoms with E-state index >= 15 is 0 Å². The number of imidazole rings is 1. The smallest absolute Gasteiger partial charge is 0.139 e. The summed E-state index contributed by atoms with van der Waals surface area (Å²) in [7, 11) is 0. The number of anilines is 2. The molecule has 1 aromatic carbocycles. The molecule has 0 aliphatic carbocycles. The fraction of sp³-hybridized carbons (Fsp3) is 0.0526. The molecule has 24 heavy (non-hydrogen) atoms. The average Bonchev–Trinajstić information content (AvgIpc) is 2.91. The summed E-state index contributed by atoms with van der Waals surface area (Å²) < 4.78 is 15.4. The van der Waals surface area contributed by atoms with Crippen molar-refractivity contribution < 1.29 is 4.39 Å². The maximum absolute atomic E-state index is 13.6. The molecular formula is C19H15FN4. The molecule has 0 bridgehead atoms. The van der Waals surface area contributed by atoms with Crippen LogP contribution in [0.3, 0.4) is 0 Å². The van der Waals surface area contributed by atoms with Crippen LogP contribution >= 0.6 is 0 Å². The fourth-order valence-electron chi connectivity index (χ4n) is 2.75. The number of benzene rings is 1. The molecule has 0 unspecified atom stereocenters. The zero-order valence-electron chi connectivity index (χ0n) is 13.1. The predicted molar refractivity (Wildman–Crippen MR) is 92.8 cm³/mol. The van der Waals surface area contributed by atoms with Gasteiger partial charge in [0.25, 0.3) is 0 Å². The monoisotopic (exact) mass is 318 g/mol. The van der Waals surface area contributed by atoms with Gasteiger partial charge < -0.3 is 5.32 Å². The van der Waals surface area contributed by atoms with Crippen molar-refractivity contribution in [1.82, 2.24) is 14.4 Å². The first kappa shape index (κ1) is 14.4. The molecule has 1 N–H and O–H groups in total. The summed E-state index contributed by atoms with van der Waals surface area (Å²) in [6, 6.07) is 18.6. The van der Waals surface area contributed by atoms with Crippen molar-refractivity contribution in [3.63, 3.8) is 0 Å². The summed E-state index contributed by atoms with van der Waals surface area (Å²) in [5, 5.41) is 3.27. The van der Waals surface area contributed by atoms with E-state index in [1.807, 2.05) is 55.5 Å². The Balaban J connectivity index is 1.79. The maximum Gasteiger partial charge on any atom is 0.139 e. The van der Waals surface area contributed by atoms with Crippen LogP contribution in [0.1, 0.15) is 5.69 Å². The third kappa shape index (κ3) is 2.60. The highest BCUT2D eigenvalue weighted by Gasteiger charge is 2.13. The number of fused-ring (bicyclic) bond motifs is 1. The van der Waals surface area contributed by atoms with Gasteiger partial charge in [-0.1, -0.05) is 24.3 Å². The van der Waals surface area contributed by atoms with Crippen molar-refractivity contribution in [1.29, 1.82) is 0 Å². The second-order valence-corrected chi connectivity index (χ2v) is 5.52. The Bertz CT molecular complexity index is 1010. The van der Waals surface area contributed by atoms with Gasteiger partial charge in [0.15, 0.2) is 0 Å². The van der Waals surface area contributed by atoms with E-state index in [1.165, 1.54) is 12.3 Å². The molecule has 3 heterocycles. The molecule has 4 nitrogen and oxygen atoms in total. The van der Waals surface area contributed by atoms with Gasteiger partial charge >= 0.3 is 0 Å². The molecule has 118 valence electrons. The zero-order chi connectivity index (χ0) is 16.5. The lowest BCUT2D eigenvalue weighted by Gasteiger charge is -2.08. The van der Waals surface area contributed by atoms with E-state index in [0.717, 1.165) is 28.6 Å². The number of nitrogens with one attached hydrogen (secondary N) is 1. The van der Waals surface area contributed by atoms with Crippen molar-refractivity contribution >= 4 is 17.2 Å². The van der Waals surface area contributed by atoms with Gasteiger partial charge in [0.1, 0.15) is 17.3 Å². The third-order valence-corrected chi connectivity index (χ3v) is 3.79. The lowest BCUT2D eigenvalue weighted by molar-refractivity contribution is 0.619. The topological polar surface area (TPSA) is 42.2 Å². The summed E-state index contributed by atoms with van der Waals surface area (Å²) in [5.41, 5.74) is 4.01. The van der Waals surface area contributed by atoms with Crippen molar-refractivity contribution in [2.75, 3.05) is 5.32 Å². The molecule has 5 heteroatoms. The van der Waals surface area contributed by atoms with Crippen molar-refractivity contribution in [3.8, 4) is 11.4 Å². The van der Waals surface area contributed by atoms with E-state index < -0.39 is 0 Å². The van der Waals surface area contributed by atoms with Gasteiger partial charge in [0, 0.05) is 11.9 Å². The van der Waals surface area contributed by atoms with Gasteiger partial charge in [-0.25, -0.2) is 14.4 Å². The maximum atomic E-state index is 13.6. The number of para-hydroxylation sites is 1. The van der Waals surface area contributed by atoms with Gasteiger partial charge in [-0.05, 0) is 43.3 Å². The Morgan fingerprint density at radius 3 is 2.58 bits per heavy atom. The SMILES string of the molecule is Cc1nc2ccc(F)cn2c1-c1cccc(Nc2ccccc2)n1. The lowest BCUT2D eigenvalue weighted by Crippen LogP contribution is -1.97. The molecule has 0 saturated heterocycles. The highest BCUT2D eigenvalue weighted by molar-refractivity contribution is 5.66. The molecule has 0 aliphatic rings. The zero-order valence-corrected chi connectivity index (χ0v) is 13.1. The number of hydrogen-bond donors (Lipinski definition) is 1. The quantitative estimate of drug-likeness (QED) is 0.601. The van der Waals surface area contributed by atoms with Crippen LogP contribution in [-0.4, -0.2) is 14.4 Å². The van der Waals surface area contributed by atoms with Gasteiger partial charge in [0.05, 0.1) is 17.1 Å². The molecule has 0 spiro atoms. The van der Waals surface area contributed by atoms with Gasteiger partial charge in [0.2, 0.25) is 0 Å². The Morgan fingerprint density at radius 1 is 0.917 bits per heavy atom. The summed E-state index contributed by atoms with van der Waals surface area (Å²) in [4.78, 5) is 9.14.